The molecule has 1 fully saturated rings. The number of thioether (sulfide) groups is 2. The molecule has 0 radical (unpaired) electrons. The van der Waals surface area contributed by atoms with E-state index in [2.05, 4.69) is 85.6 Å². The van der Waals surface area contributed by atoms with Gasteiger partial charge in [-0.1, -0.05) is 60.5 Å². The van der Waals surface area contributed by atoms with Crippen LogP contribution in [0.5, 0.6) is 17.2 Å². The van der Waals surface area contributed by atoms with Crippen LogP contribution in [0.25, 0.3) is 10.8 Å². The molecule has 1 aliphatic heterocycles. The molecule has 1 saturated carbocycles. The predicted octanol–water partition coefficient (Wildman–Crippen LogP) is 10.8. The topological polar surface area (TPSA) is 89.7 Å². The van der Waals surface area contributed by atoms with Crippen LogP contribution in [0.1, 0.15) is 63.4 Å². The Bertz CT molecular complexity index is 1980. The average Bonchev–Trinajstić information content (AvgIpc) is 3.21. The molecule has 1 heterocycles. The number of nitrogens with zero attached hydrogens (tertiary/aromatic N) is 1. The summed E-state index contributed by atoms with van der Waals surface area (Å²) in [7, 11) is 0. The second kappa shape index (κ2) is 18.5. The maximum atomic E-state index is 9.92. The number of benzene rings is 4. The maximum absolute atomic E-state index is 9.92. The molecule has 6 atom stereocenters. The highest BCUT2D eigenvalue weighted by Gasteiger charge is 2.64. The van der Waals surface area contributed by atoms with Gasteiger partial charge in [0.2, 0.25) is 5.79 Å². The van der Waals surface area contributed by atoms with E-state index in [0.717, 1.165) is 77.5 Å². The highest BCUT2D eigenvalue weighted by molar-refractivity contribution is 8.00. The number of aliphatic hydroxyl groups excluding tert-OH is 2. The van der Waals surface area contributed by atoms with Gasteiger partial charge in [-0.05, 0) is 122 Å². The summed E-state index contributed by atoms with van der Waals surface area (Å²) in [6, 6.07) is 29.5. The lowest BCUT2D eigenvalue weighted by atomic mass is 9.56. The Kier molecular flexibility index (Phi) is 13.3. The molecule has 2 aliphatic carbocycles. The van der Waals surface area contributed by atoms with E-state index in [1.807, 2.05) is 31.2 Å². The molecular formula is C46H53NO6S2. The van der Waals surface area contributed by atoms with Gasteiger partial charge in [-0.15, -0.1) is 30.1 Å². The lowest BCUT2D eigenvalue weighted by Gasteiger charge is -2.58. The van der Waals surface area contributed by atoms with Gasteiger partial charge in [-0.3, -0.25) is 0 Å². The predicted molar refractivity (Wildman–Crippen MR) is 225 cm³/mol. The van der Waals surface area contributed by atoms with E-state index in [4.69, 9.17) is 24.2 Å². The number of aliphatic hydroxyl groups is 2. The highest BCUT2D eigenvalue weighted by atomic mass is 32.2. The molecular weight excluding hydrogens is 727 g/mol. The molecule has 0 bridgehead atoms. The number of fused-ring (bicyclic) bond motifs is 3. The summed E-state index contributed by atoms with van der Waals surface area (Å²) < 4.78 is 21.0. The van der Waals surface area contributed by atoms with Crippen LogP contribution in [0.3, 0.4) is 0 Å². The number of rotatable bonds is 18. The van der Waals surface area contributed by atoms with Gasteiger partial charge in [0.1, 0.15) is 23.9 Å². The van der Waals surface area contributed by atoms with Crippen molar-refractivity contribution in [3.63, 3.8) is 0 Å². The molecule has 7 nitrogen and oxygen atoms in total. The third-order valence-corrected chi connectivity index (χ3v) is 13.3. The van der Waals surface area contributed by atoms with Gasteiger partial charge in [0.15, 0.2) is 0 Å². The molecule has 4 aromatic carbocycles. The third kappa shape index (κ3) is 8.52. The second-order valence-electron chi connectivity index (χ2n) is 14.6. The van der Waals surface area contributed by atoms with Crippen molar-refractivity contribution in [1.82, 2.24) is 0 Å². The first-order valence-electron chi connectivity index (χ1n) is 19.7. The van der Waals surface area contributed by atoms with E-state index < -0.39 is 5.79 Å². The second-order valence-corrected chi connectivity index (χ2v) is 16.7. The summed E-state index contributed by atoms with van der Waals surface area (Å²) >= 11 is 3.48. The fourth-order valence-electron chi connectivity index (χ4n) is 8.82. The van der Waals surface area contributed by atoms with Crippen molar-refractivity contribution in [2.75, 3.05) is 32.7 Å². The van der Waals surface area contributed by atoms with Gasteiger partial charge >= 0.3 is 0 Å². The Morgan fingerprint density at radius 1 is 0.891 bits per heavy atom. The SMILES string of the molecule is C=CCOC12Oc3ccc(Oc4ccc(SC)cc4)cc3C3C(CCCCO)C(CCCCO)C=C(C(=NOCC)CC1Sc1ccc4ccccc4c1)C32. The van der Waals surface area contributed by atoms with Crippen LogP contribution in [0.4, 0.5) is 0 Å². The van der Waals surface area contributed by atoms with Crippen LogP contribution in [-0.4, -0.2) is 59.6 Å². The monoisotopic (exact) mass is 779 g/mol. The molecule has 0 amide bonds. The van der Waals surface area contributed by atoms with Crippen LogP contribution in [0.15, 0.2) is 124 Å². The lowest BCUT2D eigenvalue weighted by molar-refractivity contribution is -0.223. The largest absolute Gasteiger partial charge is 0.460 e. The first-order chi connectivity index (χ1) is 27.0. The van der Waals surface area contributed by atoms with Crippen molar-refractivity contribution in [3.8, 4) is 17.2 Å². The molecule has 0 spiro atoms. The minimum absolute atomic E-state index is 0.0133. The van der Waals surface area contributed by atoms with Crippen molar-refractivity contribution in [2.24, 2.45) is 22.9 Å². The standard InChI is InChI=1S/C46H53NO6S2/c1-4-26-50-46-43(55-37-20-16-31-12-6-7-13-32(31)27-37)30-41(47-51-5-2)39-28-33(14-8-10-24-48)38(15-9-11-25-49)44(45(39)46)40-29-35(19-23-42(40)53-46)52-34-17-21-36(54-3)22-18-34/h4,6-7,12-13,16-23,27-29,33,38,43-45,48-49H,1,5,8-11,14-15,24-26,30H2,2-3H3. The molecule has 9 heteroatoms. The Morgan fingerprint density at radius 3 is 2.38 bits per heavy atom. The first kappa shape index (κ1) is 39.5. The van der Waals surface area contributed by atoms with Crippen molar-refractivity contribution in [2.45, 2.75) is 78.6 Å². The summed E-state index contributed by atoms with van der Waals surface area (Å²) in [6.07, 6.45) is 12.1. The summed E-state index contributed by atoms with van der Waals surface area (Å²) in [5.41, 5.74) is 3.15. The molecule has 0 saturated heterocycles. The molecule has 3 aliphatic rings. The molecule has 290 valence electrons. The Morgan fingerprint density at radius 2 is 1.64 bits per heavy atom. The normalized spacial score (nSPS) is 24.8. The Labute approximate surface area is 334 Å². The molecule has 6 unspecified atom stereocenters. The quantitative estimate of drug-likeness (QED) is 0.0447. The number of hydrogen-bond donors (Lipinski definition) is 2. The van der Waals surface area contributed by atoms with Crippen molar-refractivity contribution in [1.29, 1.82) is 0 Å². The van der Waals surface area contributed by atoms with Crippen molar-refractivity contribution in [3.05, 3.63) is 115 Å². The van der Waals surface area contributed by atoms with E-state index >= 15 is 0 Å². The fraction of sp³-hybridized carbons (Fsp3) is 0.413. The van der Waals surface area contributed by atoms with Crippen LogP contribution in [-0.2, 0) is 9.57 Å². The zero-order valence-electron chi connectivity index (χ0n) is 31.9. The van der Waals surface area contributed by atoms with Gasteiger partial charge in [-0.25, -0.2) is 0 Å². The van der Waals surface area contributed by atoms with Crippen LogP contribution in [0, 0.1) is 17.8 Å². The highest BCUT2D eigenvalue weighted by Crippen LogP contribution is 2.63. The van der Waals surface area contributed by atoms with Crippen LogP contribution in [0.2, 0.25) is 0 Å². The van der Waals surface area contributed by atoms with Gasteiger partial charge in [0.25, 0.3) is 0 Å². The lowest BCUT2D eigenvalue weighted by Crippen LogP contribution is -2.64. The smallest absolute Gasteiger partial charge is 0.231 e. The molecule has 0 aromatic heterocycles. The van der Waals surface area contributed by atoms with E-state index in [0.29, 0.717) is 19.6 Å². The maximum Gasteiger partial charge on any atom is 0.231 e. The Balaban J connectivity index is 1.40. The van der Waals surface area contributed by atoms with Gasteiger partial charge in [0, 0.05) is 40.9 Å². The summed E-state index contributed by atoms with van der Waals surface area (Å²) in [4.78, 5) is 8.20. The summed E-state index contributed by atoms with van der Waals surface area (Å²) in [5, 5.41) is 26.8. The van der Waals surface area contributed by atoms with Gasteiger partial charge in [-0.2, -0.15) is 0 Å². The van der Waals surface area contributed by atoms with E-state index in [9.17, 15) is 10.2 Å². The van der Waals surface area contributed by atoms with Crippen molar-refractivity contribution >= 4 is 40.0 Å². The minimum atomic E-state index is -1.06. The van der Waals surface area contributed by atoms with E-state index in [-0.39, 0.29) is 42.1 Å². The first-order valence-corrected chi connectivity index (χ1v) is 21.8. The Hall–Kier alpha value is -3.73. The molecule has 2 N–H and O–H groups in total. The number of ether oxygens (including phenoxy) is 3. The molecule has 55 heavy (non-hydrogen) atoms. The summed E-state index contributed by atoms with van der Waals surface area (Å²) in [6.45, 7) is 7.15. The zero-order chi connectivity index (χ0) is 38.2. The minimum Gasteiger partial charge on any atom is -0.460 e. The number of unbranched alkanes of at least 4 members (excludes halogenated alkanes) is 2. The van der Waals surface area contributed by atoms with Crippen LogP contribution >= 0.6 is 23.5 Å². The average molecular weight is 780 g/mol. The van der Waals surface area contributed by atoms with Crippen LogP contribution < -0.4 is 9.47 Å². The zero-order valence-corrected chi connectivity index (χ0v) is 33.5. The number of allylic oxidation sites excluding steroid dienone is 1. The molecule has 7 rings (SSSR count). The summed E-state index contributed by atoms with van der Waals surface area (Å²) in [5.74, 6) is 1.47. The number of hydrogen-bond acceptors (Lipinski definition) is 9. The van der Waals surface area contributed by atoms with E-state index in [1.54, 1.807) is 23.5 Å². The van der Waals surface area contributed by atoms with E-state index in [1.165, 1.54) is 15.7 Å². The number of oxime groups is 1. The fourth-order valence-corrected chi connectivity index (χ4v) is 10.6. The van der Waals surface area contributed by atoms with Crippen molar-refractivity contribution < 1.29 is 29.3 Å². The van der Waals surface area contributed by atoms with Gasteiger partial charge < -0.3 is 29.3 Å². The van der Waals surface area contributed by atoms with Gasteiger partial charge in [0.05, 0.1) is 23.5 Å². The third-order valence-electron chi connectivity index (χ3n) is 11.2. The molecule has 4 aromatic rings.